The number of hydrogen-bond acceptors (Lipinski definition) is 7. The third-order valence-corrected chi connectivity index (χ3v) is 6.55. The van der Waals surface area contributed by atoms with E-state index in [1.165, 1.54) is 25.7 Å². The van der Waals surface area contributed by atoms with E-state index in [4.69, 9.17) is 14.5 Å². The maximum Gasteiger partial charge on any atom is 0.266 e. The molecule has 0 aliphatic heterocycles. The topological polar surface area (TPSA) is 112 Å². The maximum absolute atomic E-state index is 13.7. The zero-order valence-corrected chi connectivity index (χ0v) is 21.6. The molecule has 0 aliphatic rings. The van der Waals surface area contributed by atoms with Gasteiger partial charge in [-0.15, -0.1) is 0 Å². The fraction of sp³-hybridized carbons (Fsp3) is 0.185. The summed E-state index contributed by atoms with van der Waals surface area (Å²) in [6.45, 7) is 3.16. The van der Waals surface area contributed by atoms with E-state index in [-0.39, 0.29) is 17.4 Å². The van der Waals surface area contributed by atoms with Gasteiger partial charge in [-0.25, -0.2) is 4.98 Å². The molecule has 0 bridgehead atoms. The van der Waals surface area contributed by atoms with Crippen LogP contribution in [0.2, 0.25) is 0 Å². The highest BCUT2D eigenvalue weighted by atomic mass is 32.2. The molecule has 1 heterocycles. The smallest absolute Gasteiger partial charge is 0.266 e. The zero-order valence-electron chi connectivity index (χ0n) is 20.8. The van der Waals surface area contributed by atoms with Gasteiger partial charge < -0.3 is 20.1 Å². The van der Waals surface area contributed by atoms with E-state index >= 15 is 0 Å². The number of carbonyl (C=O) groups is 2. The van der Waals surface area contributed by atoms with Crippen LogP contribution in [0, 0.1) is 0 Å². The molecule has 0 saturated carbocycles. The Morgan fingerprint density at radius 2 is 1.62 bits per heavy atom. The fourth-order valence-corrected chi connectivity index (χ4v) is 4.59. The molecule has 0 fully saturated rings. The molecule has 10 heteroatoms. The number of hydrogen-bond donors (Lipinski definition) is 2. The number of benzene rings is 3. The van der Waals surface area contributed by atoms with Crippen LogP contribution in [0.25, 0.3) is 16.6 Å². The summed E-state index contributed by atoms with van der Waals surface area (Å²) in [7, 11) is 3.06. The van der Waals surface area contributed by atoms with Crippen LogP contribution in [0.15, 0.2) is 76.7 Å². The lowest BCUT2D eigenvalue weighted by atomic mass is 10.2. The monoisotopic (exact) mass is 518 g/mol. The summed E-state index contributed by atoms with van der Waals surface area (Å²) in [6.07, 6.45) is 0. The SMILES string of the molecule is COc1ccc(OC)c(-n2c(S[C@@H](C)C(=O)Nc3ccc(NC(C)=O)cc3)nc3ccccc3c2=O)c1. The molecule has 1 aromatic heterocycles. The minimum atomic E-state index is -0.606. The molecule has 2 amide bonds. The van der Waals surface area contributed by atoms with Crippen molar-refractivity contribution in [1.82, 2.24) is 9.55 Å². The molecule has 0 spiro atoms. The molecular weight excluding hydrogens is 492 g/mol. The molecule has 1 atom stereocenters. The van der Waals surface area contributed by atoms with E-state index in [9.17, 15) is 14.4 Å². The van der Waals surface area contributed by atoms with Crippen LogP contribution in [0.4, 0.5) is 11.4 Å². The number of para-hydroxylation sites is 1. The van der Waals surface area contributed by atoms with Crippen molar-refractivity contribution in [2.24, 2.45) is 0 Å². The second-order valence-electron chi connectivity index (χ2n) is 8.10. The highest BCUT2D eigenvalue weighted by molar-refractivity contribution is 8.00. The molecule has 4 aromatic rings. The third kappa shape index (κ3) is 5.75. The van der Waals surface area contributed by atoms with Crippen LogP contribution >= 0.6 is 11.8 Å². The van der Waals surface area contributed by atoms with E-state index in [1.807, 2.05) is 0 Å². The summed E-state index contributed by atoms with van der Waals surface area (Å²) in [5.74, 6) is 0.547. The van der Waals surface area contributed by atoms with Crippen molar-refractivity contribution < 1.29 is 19.1 Å². The van der Waals surface area contributed by atoms with Crippen molar-refractivity contribution in [2.45, 2.75) is 24.3 Å². The van der Waals surface area contributed by atoms with Gasteiger partial charge in [0.15, 0.2) is 5.16 Å². The number of carbonyl (C=O) groups excluding carboxylic acids is 2. The van der Waals surface area contributed by atoms with Gasteiger partial charge in [0.2, 0.25) is 11.8 Å². The predicted molar refractivity (Wildman–Crippen MR) is 145 cm³/mol. The average molecular weight is 519 g/mol. The Hall–Kier alpha value is -4.31. The molecule has 2 N–H and O–H groups in total. The van der Waals surface area contributed by atoms with Crippen molar-refractivity contribution in [3.8, 4) is 17.2 Å². The molecule has 0 saturated heterocycles. The lowest BCUT2D eigenvalue weighted by Gasteiger charge is -2.18. The summed E-state index contributed by atoms with van der Waals surface area (Å²) in [4.78, 5) is 42.6. The molecule has 0 unspecified atom stereocenters. The number of thioether (sulfide) groups is 1. The number of aromatic nitrogens is 2. The standard InChI is InChI=1S/C27H26N4O5S/c1-16(25(33)29-19-11-9-18(10-12-19)28-17(2)32)37-27-30-22-8-6-5-7-21(22)26(34)31(27)23-15-20(35-3)13-14-24(23)36-4/h5-16H,1-4H3,(H,28,32)(H,29,33)/t16-/m0/s1. The average Bonchev–Trinajstić information content (AvgIpc) is 2.89. The molecule has 4 rings (SSSR count). The number of ether oxygens (including phenoxy) is 2. The minimum Gasteiger partial charge on any atom is -0.497 e. The Kier molecular flexibility index (Phi) is 7.78. The maximum atomic E-state index is 13.7. The van der Waals surface area contributed by atoms with Gasteiger partial charge in [0.25, 0.3) is 5.56 Å². The fourth-order valence-electron chi connectivity index (χ4n) is 3.67. The summed E-state index contributed by atoms with van der Waals surface area (Å²) in [5.41, 5.74) is 1.89. The molecule has 190 valence electrons. The van der Waals surface area contributed by atoms with Gasteiger partial charge in [0.1, 0.15) is 11.5 Å². The predicted octanol–water partition coefficient (Wildman–Crippen LogP) is 4.48. The second-order valence-corrected chi connectivity index (χ2v) is 9.41. The van der Waals surface area contributed by atoms with Gasteiger partial charge >= 0.3 is 0 Å². The van der Waals surface area contributed by atoms with Gasteiger partial charge in [0.05, 0.1) is 36.1 Å². The van der Waals surface area contributed by atoms with Gasteiger partial charge in [-0.2, -0.15) is 0 Å². The quantitative estimate of drug-likeness (QED) is 0.261. The number of methoxy groups -OCH3 is 2. The van der Waals surface area contributed by atoms with Crippen molar-refractivity contribution in [1.29, 1.82) is 0 Å². The molecule has 37 heavy (non-hydrogen) atoms. The van der Waals surface area contributed by atoms with Crippen molar-refractivity contribution in [3.05, 3.63) is 77.1 Å². The van der Waals surface area contributed by atoms with E-state index in [0.29, 0.717) is 44.6 Å². The second kappa shape index (κ2) is 11.2. The zero-order chi connectivity index (χ0) is 26.5. The van der Waals surface area contributed by atoms with Crippen molar-refractivity contribution >= 4 is 45.9 Å². The number of anilines is 2. The Labute approximate surface area is 217 Å². The van der Waals surface area contributed by atoms with Crippen molar-refractivity contribution in [3.63, 3.8) is 0 Å². The highest BCUT2D eigenvalue weighted by Gasteiger charge is 2.22. The van der Waals surface area contributed by atoms with Gasteiger partial charge in [-0.3, -0.25) is 19.0 Å². The summed E-state index contributed by atoms with van der Waals surface area (Å²) in [6, 6.07) is 19.0. The number of nitrogens with zero attached hydrogens (tertiary/aromatic N) is 2. The van der Waals surface area contributed by atoms with E-state index in [0.717, 1.165) is 11.8 Å². The number of nitrogens with one attached hydrogen (secondary N) is 2. The van der Waals surface area contributed by atoms with E-state index in [2.05, 4.69) is 10.6 Å². The van der Waals surface area contributed by atoms with Crippen LogP contribution < -0.4 is 25.7 Å². The largest absolute Gasteiger partial charge is 0.497 e. The van der Waals surface area contributed by atoms with Crippen molar-refractivity contribution in [2.75, 3.05) is 24.9 Å². The lowest BCUT2D eigenvalue weighted by molar-refractivity contribution is -0.115. The Bertz CT molecular complexity index is 1520. The Balaban J connectivity index is 1.69. The third-order valence-electron chi connectivity index (χ3n) is 5.50. The van der Waals surface area contributed by atoms with Gasteiger partial charge in [0, 0.05) is 24.4 Å². The molecule has 9 nitrogen and oxygen atoms in total. The van der Waals surface area contributed by atoms with Crippen LogP contribution in [-0.2, 0) is 9.59 Å². The number of amides is 2. The summed E-state index contributed by atoms with van der Waals surface area (Å²) >= 11 is 1.15. The first-order valence-electron chi connectivity index (χ1n) is 11.4. The Morgan fingerprint density at radius 3 is 2.27 bits per heavy atom. The number of fused-ring (bicyclic) bond motifs is 1. The first-order chi connectivity index (χ1) is 17.8. The van der Waals surface area contributed by atoms with Crippen LogP contribution in [0.3, 0.4) is 0 Å². The molecule has 0 aliphatic carbocycles. The molecular formula is C27H26N4O5S. The lowest BCUT2D eigenvalue weighted by Crippen LogP contribution is -2.26. The normalized spacial score (nSPS) is 11.6. The van der Waals surface area contributed by atoms with E-state index in [1.54, 1.807) is 73.7 Å². The first kappa shape index (κ1) is 25.8. The molecule has 0 radical (unpaired) electrons. The van der Waals surface area contributed by atoms with Crippen LogP contribution in [0.1, 0.15) is 13.8 Å². The van der Waals surface area contributed by atoms with Gasteiger partial charge in [-0.1, -0.05) is 23.9 Å². The first-order valence-corrected chi connectivity index (χ1v) is 12.3. The number of rotatable bonds is 8. The highest BCUT2D eigenvalue weighted by Crippen LogP contribution is 2.32. The summed E-state index contributed by atoms with van der Waals surface area (Å²) in [5, 5.41) is 5.71. The van der Waals surface area contributed by atoms with Crippen LogP contribution in [0.5, 0.6) is 11.5 Å². The van der Waals surface area contributed by atoms with E-state index < -0.39 is 5.25 Å². The van der Waals surface area contributed by atoms with Gasteiger partial charge in [-0.05, 0) is 55.5 Å². The summed E-state index contributed by atoms with van der Waals surface area (Å²) < 4.78 is 12.3. The van der Waals surface area contributed by atoms with Crippen LogP contribution in [-0.4, -0.2) is 40.8 Å². The Morgan fingerprint density at radius 1 is 0.946 bits per heavy atom. The minimum absolute atomic E-state index is 0.177. The molecule has 3 aromatic carbocycles.